The maximum atomic E-state index is 11.9. The summed E-state index contributed by atoms with van der Waals surface area (Å²) >= 11 is 0. The van der Waals surface area contributed by atoms with Crippen molar-refractivity contribution in [2.24, 2.45) is 11.3 Å². The Balaban J connectivity index is 2.09. The Bertz CT molecular complexity index is 580. The van der Waals surface area contributed by atoms with Gasteiger partial charge in [0.1, 0.15) is 5.75 Å². The molecule has 0 amide bonds. The number of carboxylic acids is 1. The number of carbonyl (C=O) groups is 1. The van der Waals surface area contributed by atoms with Crippen molar-refractivity contribution in [3.63, 3.8) is 0 Å². The molecule has 3 nitrogen and oxygen atoms in total. The predicted octanol–water partition coefficient (Wildman–Crippen LogP) is 3.79. The third-order valence-electron chi connectivity index (χ3n) is 6.05. The standard InChI is InChI=1S/C18H24O3/c1-17-9-4-10-18(2,16(19)20)15(17)8-5-12-11-13(21-3)6-7-14(12)17/h6-7,11,15H,4-5,8-10H2,1-3H3,(H,19,20)/t15-,17-,18+/m1/s1. The first-order valence-electron chi connectivity index (χ1n) is 7.82. The zero-order valence-corrected chi connectivity index (χ0v) is 13.1. The van der Waals surface area contributed by atoms with Crippen LogP contribution in [0, 0.1) is 11.3 Å². The third-order valence-corrected chi connectivity index (χ3v) is 6.05. The van der Waals surface area contributed by atoms with Crippen molar-refractivity contribution in [3.05, 3.63) is 29.3 Å². The molecule has 0 aliphatic heterocycles. The molecule has 1 aromatic carbocycles. The highest BCUT2D eigenvalue weighted by molar-refractivity contribution is 5.75. The normalized spacial score (nSPS) is 34.7. The second-order valence-corrected chi connectivity index (χ2v) is 7.11. The van der Waals surface area contributed by atoms with Crippen LogP contribution in [0.2, 0.25) is 0 Å². The number of hydrogen-bond acceptors (Lipinski definition) is 2. The van der Waals surface area contributed by atoms with Gasteiger partial charge in [0, 0.05) is 0 Å². The van der Waals surface area contributed by atoms with E-state index in [0.29, 0.717) is 0 Å². The zero-order chi connectivity index (χ0) is 15.3. The van der Waals surface area contributed by atoms with Crippen molar-refractivity contribution in [2.75, 3.05) is 7.11 Å². The predicted molar refractivity (Wildman–Crippen MR) is 81.8 cm³/mol. The van der Waals surface area contributed by atoms with Gasteiger partial charge in [0.2, 0.25) is 0 Å². The summed E-state index contributed by atoms with van der Waals surface area (Å²) in [6.45, 7) is 4.22. The first-order chi connectivity index (χ1) is 9.91. The number of benzene rings is 1. The fourth-order valence-corrected chi connectivity index (χ4v) is 4.85. The maximum Gasteiger partial charge on any atom is 0.309 e. The van der Waals surface area contributed by atoms with Gasteiger partial charge in [-0.1, -0.05) is 19.4 Å². The van der Waals surface area contributed by atoms with E-state index in [1.54, 1.807) is 7.11 Å². The molecule has 1 saturated carbocycles. The summed E-state index contributed by atoms with van der Waals surface area (Å²) in [5.41, 5.74) is 2.06. The number of ether oxygens (including phenoxy) is 1. The summed E-state index contributed by atoms with van der Waals surface area (Å²) in [6.07, 6.45) is 4.78. The minimum absolute atomic E-state index is 0.0226. The van der Waals surface area contributed by atoms with Crippen molar-refractivity contribution < 1.29 is 14.6 Å². The number of aryl methyl sites for hydroxylation is 1. The highest BCUT2D eigenvalue weighted by atomic mass is 16.5. The van der Waals surface area contributed by atoms with Crippen LogP contribution in [-0.4, -0.2) is 18.2 Å². The summed E-state index contributed by atoms with van der Waals surface area (Å²) in [5.74, 6) is 0.486. The molecule has 1 aromatic rings. The molecule has 0 heterocycles. The van der Waals surface area contributed by atoms with Crippen LogP contribution in [0.4, 0.5) is 0 Å². The average Bonchev–Trinajstić information content (AvgIpc) is 2.46. The molecule has 0 unspecified atom stereocenters. The molecule has 3 atom stereocenters. The molecule has 1 N–H and O–H groups in total. The van der Waals surface area contributed by atoms with Gasteiger partial charge in [0.15, 0.2) is 0 Å². The molecular formula is C18H24O3. The molecule has 3 rings (SSSR count). The smallest absolute Gasteiger partial charge is 0.309 e. The van der Waals surface area contributed by atoms with Crippen molar-refractivity contribution in [1.82, 2.24) is 0 Å². The fraction of sp³-hybridized carbons (Fsp3) is 0.611. The molecule has 0 bridgehead atoms. The molecule has 0 radical (unpaired) electrons. The number of rotatable bonds is 2. The van der Waals surface area contributed by atoms with Crippen LogP contribution in [0.25, 0.3) is 0 Å². The van der Waals surface area contributed by atoms with E-state index in [2.05, 4.69) is 19.1 Å². The fourth-order valence-electron chi connectivity index (χ4n) is 4.85. The Morgan fingerprint density at radius 3 is 2.76 bits per heavy atom. The van der Waals surface area contributed by atoms with Crippen LogP contribution in [0.1, 0.15) is 50.7 Å². The largest absolute Gasteiger partial charge is 0.497 e. The Kier molecular flexibility index (Phi) is 3.27. The van der Waals surface area contributed by atoms with Crippen LogP contribution in [0.15, 0.2) is 18.2 Å². The zero-order valence-electron chi connectivity index (χ0n) is 13.1. The molecule has 21 heavy (non-hydrogen) atoms. The van der Waals surface area contributed by atoms with Gasteiger partial charge >= 0.3 is 5.97 Å². The van der Waals surface area contributed by atoms with Gasteiger partial charge in [-0.3, -0.25) is 4.79 Å². The second-order valence-electron chi connectivity index (χ2n) is 7.11. The van der Waals surface area contributed by atoms with Crippen LogP contribution >= 0.6 is 0 Å². The van der Waals surface area contributed by atoms with Crippen molar-refractivity contribution in [1.29, 1.82) is 0 Å². The first kappa shape index (κ1) is 14.4. The first-order valence-corrected chi connectivity index (χ1v) is 7.82. The van der Waals surface area contributed by atoms with Crippen molar-refractivity contribution in [3.8, 4) is 5.75 Å². The third kappa shape index (κ3) is 1.97. The molecule has 0 aromatic heterocycles. The number of hydrogen-bond donors (Lipinski definition) is 1. The Labute approximate surface area is 126 Å². The quantitative estimate of drug-likeness (QED) is 0.900. The molecule has 3 heteroatoms. The minimum Gasteiger partial charge on any atom is -0.497 e. The van der Waals surface area contributed by atoms with Crippen LogP contribution < -0.4 is 4.74 Å². The van der Waals surface area contributed by atoms with Crippen LogP contribution in [-0.2, 0) is 16.6 Å². The molecule has 2 aliphatic carbocycles. The lowest BCUT2D eigenvalue weighted by Gasteiger charge is -2.53. The van der Waals surface area contributed by atoms with E-state index in [1.807, 2.05) is 13.0 Å². The average molecular weight is 288 g/mol. The maximum absolute atomic E-state index is 11.9. The van der Waals surface area contributed by atoms with E-state index in [0.717, 1.165) is 37.9 Å². The van der Waals surface area contributed by atoms with E-state index < -0.39 is 11.4 Å². The van der Waals surface area contributed by atoms with Crippen LogP contribution in [0.3, 0.4) is 0 Å². The molecule has 0 spiro atoms. The van der Waals surface area contributed by atoms with Crippen molar-refractivity contribution >= 4 is 5.97 Å². The molecule has 2 aliphatic rings. The summed E-state index contributed by atoms with van der Waals surface area (Å²) in [6, 6.07) is 6.30. The van der Waals surface area contributed by atoms with Gasteiger partial charge in [0.05, 0.1) is 12.5 Å². The molecule has 0 saturated heterocycles. The van der Waals surface area contributed by atoms with E-state index in [4.69, 9.17) is 4.74 Å². The highest BCUT2D eigenvalue weighted by Crippen LogP contribution is 2.57. The molecule has 1 fully saturated rings. The number of aliphatic carboxylic acids is 1. The Morgan fingerprint density at radius 1 is 1.33 bits per heavy atom. The van der Waals surface area contributed by atoms with Gasteiger partial charge in [-0.05, 0) is 67.2 Å². The van der Waals surface area contributed by atoms with E-state index in [-0.39, 0.29) is 11.3 Å². The molecule has 114 valence electrons. The lowest BCUT2D eigenvalue weighted by atomic mass is 9.50. The topological polar surface area (TPSA) is 46.5 Å². The lowest BCUT2D eigenvalue weighted by Crippen LogP contribution is -2.52. The summed E-state index contributed by atoms with van der Waals surface area (Å²) in [5, 5.41) is 9.76. The van der Waals surface area contributed by atoms with Crippen LogP contribution in [0.5, 0.6) is 5.75 Å². The SMILES string of the molecule is COc1ccc2c(c1)CC[C@H]1[C@@](C)(C(=O)O)CCC[C@]21C. The van der Waals surface area contributed by atoms with E-state index in [9.17, 15) is 9.90 Å². The summed E-state index contributed by atoms with van der Waals surface area (Å²) in [4.78, 5) is 11.9. The summed E-state index contributed by atoms with van der Waals surface area (Å²) < 4.78 is 5.33. The van der Waals surface area contributed by atoms with Gasteiger partial charge in [-0.25, -0.2) is 0 Å². The lowest BCUT2D eigenvalue weighted by molar-refractivity contribution is -0.157. The second kappa shape index (κ2) is 4.75. The van der Waals surface area contributed by atoms with Gasteiger partial charge in [0.25, 0.3) is 0 Å². The van der Waals surface area contributed by atoms with E-state index in [1.165, 1.54) is 11.1 Å². The van der Waals surface area contributed by atoms with Gasteiger partial charge in [-0.2, -0.15) is 0 Å². The van der Waals surface area contributed by atoms with Gasteiger partial charge in [-0.15, -0.1) is 0 Å². The Morgan fingerprint density at radius 2 is 2.10 bits per heavy atom. The summed E-state index contributed by atoms with van der Waals surface area (Å²) in [7, 11) is 1.69. The van der Waals surface area contributed by atoms with E-state index >= 15 is 0 Å². The van der Waals surface area contributed by atoms with Crippen molar-refractivity contribution in [2.45, 2.75) is 51.4 Å². The molecular weight excluding hydrogens is 264 g/mol. The minimum atomic E-state index is -0.629. The Hall–Kier alpha value is -1.51. The number of methoxy groups -OCH3 is 1. The number of carboxylic acid groups (broad SMARTS) is 1. The van der Waals surface area contributed by atoms with Gasteiger partial charge < -0.3 is 9.84 Å². The monoisotopic (exact) mass is 288 g/mol. The highest BCUT2D eigenvalue weighted by Gasteiger charge is 2.55. The number of fused-ring (bicyclic) bond motifs is 3.